The zero-order valence-corrected chi connectivity index (χ0v) is 14.0. The third-order valence-corrected chi connectivity index (χ3v) is 4.25. The van der Waals surface area contributed by atoms with Gasteiger partial charge in [0, 0.05) is 19.2 Å². The SMILES string of the molecule is COc1ccc(C)cc1Nc1cc(N2CCCC(C)C2)ncn1. The van der Waals surface area contributed by atoms with E-state index in [-0.39, 0.29) is 0 Å². The summed E-state index contributed by atoms with van der Waals surface area (Å²) in [6.07, 6.45) is 4.14. The Labute approximate surface area is 137 Å². The van der Waals surface area contributed by atoms with Crippen molar-refractivity contribution in [2.75, 3.05) is 30.4 Å². The predicted octanol–water partition coefficient (Wildman–Crippen LogP) is 3.77. The highest BCUT2D eigenvalue weighted by atomic mass is 16.5. The van der Waals surface area contributed by atoms with Crippen LogP contribution in [0, 0.1) is 12.8 Å². The number of nitrogens with one attached hydrogen (secondary N) is 1. The molecule has 1 fully saturated rings. The fraction of sp³-hybridized carbons (Fsp3) is 0.444. The van der Waals surface area contributed by atoms with Crippen LogP contribution in [0.1, 0.15) is 25.3 Å². The topological polar surface area (TPSA) is 50.3 Å². The molecule has 2 aromatic rings. The molecule has 0 aliphatic carbocycles. The Balaban J connectivity index is 1.81. The first kappa shape index (κ1) is 15.6. The molecule has 1 aliphatic rings. The minimum atomic E-state index is 0.715. The standard InChI is InChI=1S/C18H24N4O/c1-13-6-7-16(23-3)15(9-13)21-17-10-18(20-12-19-17)22-8-4-5-14(2)11-22/h6-7,9-10,12,14H,4-5,8,11H2,1-3H3,(H,19,20,21). The number of methoxy groups -OCH3 is 1. The molecule has 1 saturated heterocycles. The van der Waals surface area contributed by atoms with Gasteiger partial charge in [0.25, 0.3) is 0 Å². The van der Waals surface area contributed by atoms with Crippen LogP contribution in [0.2, 0.25) is 0 Å². The molecule has 0 bridgehead atoms. The summed E-state index contributed by atoms with van der Waals surface area (Å²) in [4.78, 5) is 11.1. The van der Waals surface area contributed by atoms with Crippen LogP contribution in [-0.2, 0) is 0 Å². The number of rotatable bonds is 4. The number of anilines is 3. The first-order chi connectivity index (χ1) is 11.2. The number of aromatic nitrogens is 2. The van der Waals surface area contributed by atoms with Crippen LogP contribution in [0.3, 0.4) is 0 Å². The van der Waals surface area contributed by atoms with Gasteiger partial charge in [0.05, 0.1) is 12.8 Å². The molecule has 0 saturated carbocycles. The molecule has 23 heavy (non-hydrogen) atoms. The Morgan fingerprint density at radius 3 is 2.91 bits per heavy atom. The van der Waals surface area contributed by atoms with Crippen LogP contribution in [0.25, 0.3) is 0 Å². The second-order valence-electron chi connectivity index (χ2n) is 6.28. The van der Waals surface area contributed by atoms with Crippen molar-refractivity contribution in [3.05, 3.63) is 36.2 Å². The quantitative estimate of drug-likeness (QED) is 0.931. The smallest absolute Gasteiger partial charge is 0.142 e. The van der Waals surface area contributed by atoms with E-state index in [0.717, 1.165) is 36.2 Å². The van der Waals surface area contributed by atoms with E-state index in [2.05, 4.69) is 40.1 Å². The highest BCUT2D eigenvalue weighted by molar-refractivity contribution is 5.66. The first-order valence-electron chi connectivity index (χ1n) is 8.14. The zero-order chi connectivity index (χ0) is 16.2. The predicted molar refractivity (Wildman–Crippen MR) is 93.7 cm³/mol. The maximum Gasteiger partial charge on any atom is 0.142 e. The van der Waals surface area contributed by atoms with Crippen molar-refractivity contribution < 1.29 is 4.74 Å². The number of hydrogen-bond donors (Lipinski definition) is 1. The van der Waals surface area contributed by atoms with Gasteiger partial charge in [-0.2, -0.15) is 0 Å². The number of aryl methyl sites for hydroxylation is 1. The summed E-state index contributed by atoms with van der Waals surface area (Å²) in [6.45, 7) is 6.48. The Bertz CT molecular complexity index is 674. The second kappa shape index (κ2) is 6.86. The summed E-state index contributed by atoms with van der Waals surface area (Å²) >= 11 is 0. The van der Waals surface area contributed by atoms with Crippen LogP contribution in [-0.4, -0.2) is 30.2 Å². The van der Waals surface area contributed by atoms with Gasteiger partial charge in [0.15, 0.2) is 0 Å². The summed E-state index contributed by atoms with van der Waals surface area (Å²) in [5.41, 5.74) is 2.09. The first-order valence-corrected chi connectivity index (χ1v) is 8.14. The van der Waals surface area contributed by atoms with Crippen molar-refractivity contribution in [1.82, 2.24) is 9.97 Å². The van der Waals surface area contributed by atoms with Crippen LogP contribution in [0.15, 0.2) is 30.6 Å². The lowest BCUT2D eigenvalue weighted by Crippen LogP contribution is -2.34. The van der Waals surface area contributed by atoms with Crippen molar-refractivity contribution in [2.24, 2.45) is 5.92 Å². The monoisotopic (exact) mass is 312 g/mol. The molecule has 122 valence electrons. The van der Waals surface area contributed by atoms with Gasteiger partial charge in [-0.3, -0.25) is 0 Å². The van der Waals surface area contributed by atoms with Gasteiger partial charge in [-0.15, -0.1) is 0 Å². The van der Waals surface area contributed by atoms with E-state index in [1.54, 1.807) is 13.4 Å². The minimum absolute atomic E-state index is 0.715. The van der Waals surface area contributed by atoms with Crippen molar-refractivity contribution in [2.45, 2.75) is 26.7 Å². The molecular formula is C18H24N4O. The van der Waals surface area contributed by atoms with E-state index in [1.807, 2.05) is 18.2 Å². The molecule has 1 unspecified atom stereocenters. The van der Waals surface area contributed by atoms with Crippen LogP contribution in [0.4, 0.5) is 17.3 Å². The molecular weight excluding hydrogens is 288 g/mol. The van der Waals surface area contributed by atoms with Gasteiger partial charge < -0.3 is 15.0 Å². The van der Waals surface area contributed by atoms with Crippen molar-refractivity contribution in [3.63, 3.8) is 0 Å². The molecule has 3 rings (SSSR count). The Kier molecular flexibility index (Phi) is 4.65. The fourth-order valence-corrected chi connectivity index (χ4v) is 3.04. The van der Waals surface area contributed by atoms with E-state index in [1.165, 1.54) is 18.4 Å². The van der Waals surface area contributed by atoms with Crippen molar-refractivity contribution in [1.29, 1.82) is 0 Å². The number of ether oxygens (including phenoxy) is 1. The van der Waals surface area contributed by atoms with Crippen molar-refractivity contribution in [3.8, 4) is 5.75 Å². The van der Waals surface area contributed by atoms with Gasteiger partial charge in [0.1, 0.15) is 23.7 Å². The molecule has 5 nitrogen and oxygen atoms in total. The zero-order valence-electron chi connectivity index (χ0n) is 14.0. The molecule has 5 heteroatoms. The third kappa shape index (κ3) is 3.73. The van der Waals surface area contributed by atoms with Gasteiger partial charge in [-0.05, 0) is 43.4 Å². The highest BCUT2D eigenvalue weighted by Crippen LogP contribution is 2.29. The average molecular weight is 312 g/mol. The van der Waals surface area contributed by atoms with Crippen LogP contribution in [0.5, 0.6) is 5.75 Å². The van der Waals surface area contributed by atoms with E-state index >= 15 is 0 Å². The number of benzene rings is 1. The van der Waals surface area contributed by atoms with Gasteiger partial charge in [-0.1, -0.05) is 13.0 Å². The maximum atomic E-state index is 5.42. The molecule has 1 atom stereocenters. The number of piperidine rings is 1. The largest absolute Gasteiger partial charge is 0.495 e. The molecule has 1 aromatic carbocycles. The second-order valence-corrected chi connectivity index (χ2v) is 6.28. The highest BCUT2D eigenvalue weighted by Gasteiger charge is 2.18. The van der Waals surface area contributed by atoms with Crippen molar-refractivity contribution >= 4 is 17.3 Å². The molecule has 2 heterocycles. The van der Waals surface area contributed by atoms with Gasteiger partial charge in [-0.25, -0.2) is 9.97 Å². The van der Waals surface area contributed by atoms with E-state index < -0.39 is 0 Å². The summed E-state index contributed by atoms with van der Waals surface area (Å²) < 4.78 is 5.42. The molecule has 0 amide bonds. The van der Waals surface area contributed by atoms with E-state index in [9.17, 15) is 0 Å². The number of hydrogen-bond acceptors (Lipinski definition) is 5. The Hall–Kier alpha value is -2.30. The lowest BCUT2D eigenvalue weighted by molar-refractivity contribution is 0.416. The average Bonchev–Trinajstić information content (AvgIpc) is 2.55. The fourth-order valence-electron chi connectivity index (χ4n) is 3.04. The third-order valence-electron chi connectivity index (χ3n) is 4.25. The summed E-state index contributed by atoms with van der Waals surface area (Å²) in [7, 11) is 1.68. The Morgan fingerprint density at radius 2 is 2.13 bits per heavy atom. The minimum Gasteiger partial charge on any atom is -0.495 e. The van der Waals surface area contributed by atoms with Gasteiger partial charge >= 0.3 is 0 Å². The lowest BCUT2D eigenvalue weighted by Gasteiger charge is -2.31. The summed E-state index contributed by atoms with van der Waals surface area (Å²) in [5.74, 6) is 3.30. The maximum absolute atomic E-state index is 5.42. The normalized spacial score (nSPS) is 17.9. The summed E-state index contributed by atoms with van der Waals surface area (Å²) in [5, 5.41) is 3.35. The molecule has 0 spiro atoms. The Morgan fingerprint density at radius 1 is 1.26 bits per heavy atom. The summed E-state index contributed by atoms with van der Waals surface area (Å²) in [6, 6.07) is 8.07. The molecule has 1 N–H and O–H groups in total. The van der Waals surface area contributed by atoms with E-state index in [4.69, 9.17) is 4.74 Å². The number of nitrogens with zero attached hydrogens (tertiary/aromatic N) is 3. The molecule has 1 aromatic heterocycles. The molecule has 0 radical (unpaired) electrons. The van der Waals surface area contributed by atoms with Crippen LogP contribution >= 0.6 is 0 Å². The molecule has 1 aliphatic heterocycles. The lowest BCUT2D eigenvalue weighted by atomic mass is 10.0. The van der Waals surface area contributed by atoms with Gasteiger partial charge in [0.2, 0.25) is 0 Å². The van der Waals surface area contributed by atoms with Crippen LogP contribution < -0.4 is 15.0 Å². The van der Waals surface area contributed by atoms with E-state index in [0.29, 0.717) is 5.92 Å².